The van der Waals surface area contributed by atoms with Gasteiger partial charge in [-0.3, -0.25) is 19.1 Å². The summed E-state index contributed by atoms with van der Waals surface area (Å²) in [6.45, 7) is 18.7. The second-order valence-electron chi connectivity index (χ2n) is 23.4. The van der Waals surface area contributed by atoms with E-state index in [1.807, 2.05) is 52.8 Å². The van der Waals surface area contributed by atoms with E-state index in [0.29, 0.717) is 43.3 Å². The molecule has 5 heterocycles. The Morgan fingerprint density at radius 1 is 0.900 bits per heavy atom. The third-order valence-corrected chi connectivity index (χ3v) is 17.1. The Kier molecular flexibility index (Phi) is 21.3. The number of carboxylic acids is 1. The molecular formula is C57H89N5O18. The van der Waals surface area contributed by atoms with E-state index in [9.17, 15) is 39.4 Å². The van der Waals surface area contributed by atoms with Crippen LogP contribution in [-0.2, 0) is 63.4 Å². The Bertz CT molecular complexity index is 2580. The number of aromatic nitrogens is 1. The van der Waals surface area contributed by atoms with Crippen molar-refractivity contribution in [1.82, 2.24) is 14.9 Å². The fourth-order valence-corrected chi connectivity index (χ4v) is 12.5. The number of hydrogen-bond acceptors (Lipinski definition) is 21. The highest BCUT2D eigenvalue weighted by atomic mass is 16.8. The second-order valence-corrected chi connectivity index (χ2v) is 23.4. The maximum Gasteiger partial charge on any atom is 0.509 e. The Balaban J connectivity index is 1.22. The molecule has 0 unspecified atom stereocenters. The van der Waals surface area contributed by atoms with Gasteiger partial charge in [-0.25, -0.2) is 9.59 Å². The second kappa shape index (κ2) is 26.5. The predicted octanol–water partition coefficient (Wildman–Crippen LogP) is 5.26. The van der Waals surface area contributed by atoms with Gasteiger partial charge in [0, 0.05) is 76.7 Å². The molecule has 23 nitrogen and oxygen atoms in total. The number of carbonyl (C=O) groups excluding carboxylic acids is 3. The van der Waals surface area contributed by atoms with E-state index < -0.39 is 125 Å². The molecule has 0 spiro atoms. The number of aliphatic hydroxyl groups is 1. The summed E-state index contributed by atoms with van der Waals surface area (Å²) in [6.07, 6.45) is -6.90. The summed E-state index contributed by atoms with van der Waals surface area (Å²) < 4.78 is 65.3. The number of esters is 2. The third-order valence-electron chi connectivity index (χ3n) is 17.1. The molecule has 18 atom stereocenters. The number of carboxylic acid groups (broad SMARTS) is 1. The van der Waals surface area contributed by atoms with Crippen LogP contribution in [0, 0.1) is 23.7 Å². The normalized spacial score (nSPS) is 36.9. The maximum atomic E-state index is 14.9. The molecule has 23 heteroatoms. The molecule has 0 saturated carbocycles. The van der Waals surface area contributed by atoms with E-state index in [-0.39, 0.29) is 49.1 Å². The molecule has 4 saturated heterocycles. The molecule has 4 N–H and O–H groups in total. The number of carbonyl (C=O) groups is 4. The van der Waals surface area contributed by atoms with Crippen LogP contribution in [0.15, 0.2) is 34.3 Å². The lowest BCUT2D eigenvalue weighted by Gasteiger charge is -2.50. The van der Waals surface area contributed by atoms with Crippen molar-refractivity contribution in [1.29, 1.82) is 0 Å². The van der Waals surface area contributed by atoms with Crippen LogP contribution >= 0.6 is 0 Å². The Morgan fingerprint density at radius 2 is 1.57 bits per heavy atom. The summed E-state index contributed by atoms with van der Waals surface area (Å²) >= 11 is 0. The van der Waals surface area contributed by atoms with Crippen LogP contribution in [0.4, 0.5) is 4.79 Å². The number of aliphatic hydroxyl groups excluding tert-OH is 1. The lowest BCUT2D eigenvalue weighted by Crippen LogP contribution is -2.61. The molecule has 0 bridgehead atoms. The third kappa shape index (κ3) is 13.7. The number of hydrogen-bond donors (Lipinski definition) is 4. The van der Waals surface area contributed by atoms with Gasteiger partial charge in [0.2, 0.25) is 5.43 Å². The largest absolute Gasteiger partial charge is 0.509 e. The standard InChI is InChI=1S/C57H89N5O18/c1-17-41-57(10)49(79-54(69)80-57)32(4)44(59-70)30(2)27-55(8,71-15)48(78-53-46(65)40(60(11)12)25-31(3)73-53)33(5)47(34(6)52(68)75-41)77-43-28-56(9,72-16)50(35(7)74-43)76-42(63)22-24-58-23-18-19-36-20-21-39-37(26-36)45(64)38(51(66)67)29-62(39)61(13)14/h20-21,26,29-35,40-41,43,46-50,53,58,65,70H,17-19,22-25,27-28H2,1-16H3,(H,66,67)/b59-44+/t30-,31-,32+,33+,34-,35+,40+,41-,43+,46-,47+,48-,49-,50+,53+,55-,56-,57-/m1/s1. The number of oxime groups is 1. The fourth-order valence-electron chi connectivity index (χ4n) is 12.5. The number of nitrogens with zero attached hydrogens (tertiary/aromatic N) is 4. The zero-order valence-corrected chi connectivity index (χ0v) is 49.6. The van der Waals surface area contributed by atoms with Crippen LogP contribution < -0.4 is 15.8 Å². The smallest absolute Gasteiger partial charge is 0.477 e. The number of fused-ring (bicyclic) bond motifs is 2. The minimum absolute atomic E-state index is 0.0281. The lowest BCUT2D eigenvalue weighted by atomic mass is 9.73. The molecule has 80 heavy (non-hydrogen) atoms. The van der Waals surface area contributed by atoms with Crippen molar-refractivity contribution < 1.29 is 82.0 Å². The minimum atomic E-state index is -1.50. The monoisotopic (exact) mass is 1130 g/mol. The quantitative estimate of drug-likeness (QED) is 0.0487. The molecule has 1 aromatic heterocycles. The number of benzene rings is 1. The van der Waals surface area contributed by atoms with Gasteiger partial charge < -0.3 is 78.0 Å². The average Bonchev–Trinajstić information content (AvgIpc) is 3.82. The van der Waals surface area contributed by atoms with Gasteiger partial charge in [0.1, 0.15) is 23.4 Å². The number of pyridine rings is 1. The van der Waals surface area contributed by atoms with Gasteiger partial charge in [-0.05, 0) is 112 Å². The number of nitrogens with one attached hydrogen (secondary N) is 1. The number of aryl methyl sites for hydroxylation is 1. The molecule has 0 aliphatic carbocycles. The van der Waals surface area contributed by atoms with Crippen LogP contribution in [0.25, 0.3) is 10.9 Å². The van der Waals surface area contributed by atoms with Crippen LogP contribution in [-0.4, -0.2) is 195 Å². The van der Waals surface area contributed by atoms with Crippen molar-refractivity contribution in [3.63, 3.8) is 0 Å². The van der Waals surface area contributed by atoms with Gasteiger partial charge in [0.25, 0.3) is 0 Å². The molecule has 6 rings (SSSR count). The van der Waals surface area contributed by atoms with Crippen molar-refractivity contribution in [3.05, 3.63) is 45.7 Å². The zero-order valence-electron chi connectivity index (χ0n) is 49.6. The Hall–Kier alpha value is -4.98. The van der Waals surface area contributed by atoms with Crippen LogP contribution in [0.5, 0.6) is 0 Å². The van der Waals surface area contributed by atoms with Crippen LogP contribution in [0.3, 0.4) is 0 Å². The van der Waals surface area contributed by atoms with Crippen molar-refractivity contribution in [2.24, 2.45) is 28.8 Å². The molecule has 0 radical (unpaired) electrons. The van der Waals surface area contributed by atoms with Crippen LogP contribution in [0.2, 0.25) is 0 Å². The molecular weight excluding hydrogens is 1040 g/mol. The SMILES string of the molecule is CC[C@H]1OC(=O)[C@H](C)[C@@H](O[C@H]2C[C@@](C)(OC)[C@@H](OC(=O)CCNCCCc3ccc4c(c3)c(=O)c(C(=O)O)cn4N(C)C)[C@H](C)O2)[C@H](C)[C@@H](O[C@@H]2O[C@H](C)C[C@H](N(C)C)[C@H]2O)[C@](C)(OC)C[C@@H](C)/C(=N\O)[C@H](C)[C@H]2OC(=O)O[C@@]21C. The van der Waals surface area contributed by atoms with E-state index in [1.54, 1.807) is 77.5 Å². The number of rotatable bonds is 18. The first-order chi connectivity index (χ1) is 37.6. The summed E-state index contributed by atoms with van der Waals surface area (Å²) in [5.74, 6) is -5.63. The Labute approximate surface area is 469 Å². The van der Waals surface area contributed by atoms with Crippen molar-refractivity contribution in [2.45, 2.75) is 198 Å². The first-order valence-electron chi connectivity index (χ1n) is 28.0. The summed E-state index contributed by atoms with van der Waals surface area (Å²) in [6, 6.07) is 5.11. The van der Waals surface area contributed by atoms with E-state index >= 15 is 0 Å². The first kappa shape index (κ1) is 64.2. The highest BCUT2D eigenvalue weighted by molar-refractivity contribution is 5.93. The molecule has 0 amide bonds. The minimum Gasteiger partial charge on any atom is -0.477 e. The van der Waals surface area contributed by atoms with E-state index in [1.165, 1.54) is 20.4 Å². The zero-order chi connectivity index (χ0) is 59.3. The Morgan fingerprint density at radius 3 is 2.19 bits per heavy atom. The number of cyclic esters (lactones) is 1. The van der Waals surface area contributed by atoms with E-state index in [0.717, 1.165) is 5.56 Å². The average molecular weight is 1130 g/mol. The predicted molar refractivity (Wildman–Crippen MR) is 293 cm³/mol. The van der Waals surface area contributed by atoms with Crippen LogP contribution in [0.1, 0.15) is 124 Å². The number of ether oxygens (including phenoxy) is 10. The van der Waals surface area contributed by atoms with E-state index in [4.69, 9.17) is 47.4 Å². The molecule has 1 aromatic carbocycles. The van der Waals surface area contributed by atoms with E-state index in [2.05, 4.69) is 10.5 Å². The molecule has 450 valence electrons. The summed E-state index contributed by atoms with van der Waals surface area (Å²) in [4.78, 5) is 68.3. The van der Waals surface area contributed by atoms with Gasteiger partial charge in [-0.15, -0.1) is 0 Å². The summed E-state index contributed by atoms with van der Waals surface area (Å²) in [5.41, 5.74) is -3.10. The highest BCUT2D eigenvalue weighted by Gasteiger charge is 2.59. The van der Waals surface area contributed by atoms with Crippen molar-refractivity contribution >= 4 is 40.7 Å². The molecule has 4 aliphatic rings. The summed E-state index contributed by atoms with van der Waals surface area (Å²) in [5, 5.41) is 41.3. The lowest BCUT2D eigenvalue weighted by molar-refractivity contribution is -0.320. The molecule has 2 aromatic rings. The first-order valence-corrected chi connectivity index (χ1v) is 28.0. The maximum absolute atomic E-state index is 14.9. The van der Waals surface area contributed by atoms with Crippen molar-refractivity contribution in [2.75, 3.05) is 60.5 Å². The number of aromatic carboxylic acids is 1. The highest BCUT2D eigenvalue weighted by Crippen LogP contribution is 2.44. The van der Waals surface area contributed by atoms with Crippen molar-refractivity contribution in [3.8, 4) is 0 Å². The van der Waals surface area contributed by atoms with Gasteiger partial charge in [0.05, 0.1) is 53.6 Å². The number of likely N-dealkylation sites (N-methyl/N-ethyl adjacent to an activating group) is 1. The number of methoxy groups -OCH3 is 2. The fraction of sp³-hybridized carbons (Fsp3) is 0.754. The van der Waals surface area contributed by atoms with Gasteiger partial charge in [-0.1, -0.05) is 38.9 Å². The summed E-state index contributed by atoms with van der Waals surface area (Å²) in [7, 11) is 10.3. The molecule has 4 aliphatic heterocycles. The van der Waals surface area contributed by atoms with Gasteiger partial charge in [0.15, 0.2) is 30.4 Å². The van der Waals surface area contributed by atoms with Gasteiger partial charge in [-0.2, -0.15) is 0 Å². The molecule has 4 fully saturated rings. The van der Waals surface area contributed by atoms with Gasteiger partial charge >= 0.3 is 24.1 Å². The topological polar surface area (TPSA) is 274 Å².